The summed E-state index contributed by atoms with van der Waals surface area (Å²) in [6.45, 7) is 6.50. The summed E-state index contributed by atoms with van der Waals surface area (Å²) in [4.78, 5) is 0. The van der Waals surface area contributed by atoms with Gasteiger partial charge < -0.3 is 10.1 Å². The van der Waals surface area contributed by atoms with E-state index >= 15 is 0 Å². The molecule has 1 heterocycles. The van der Waals surface area contributed by atoms with Crippen LogP contribution in [0.5, 0.6) is 0 Å². The molecule has 0 amide bonds. The minimum atomic E-state index is 0.496. The Morgan fingerprint density at radius 1 is 1.36 bits per heavy atom. The van der Waals surface area contributed by atoms with Gasteiger partial charge in [-0.15, -0.1) is 0 Å². The zero-order valence-electron chi connectivity index (χ0n) is 9.46. The van der Waals surface area contributed by atoms with E-state index in [9.17, 15) is 0 Å². The zero-order valence-corrected chi connectivity index (χ0v) is 9.46. The summed E-state index contributed by atoms with van der Waals surface area (Å²) in [5.41, 5.74) is 0. The van der Waals surface area contributed by atoms with Gasteiger partial charge in [-0.25, -0.2) is 0 Å². The van der Waals surface area contributed by atoms with E-state index in [1.807, 2.05) is 0 Å². The normalized spacial score (nSPS) is 34.5. The van der Waals surface area contributed by atoms with E-state index < -0.39 is 0 Å². The van der Waals surface area contributed by atoms with Gasteiger partial charge in [0, 0.05) is 12.6 Å². The molecule has 2 rings (SSSR count). The minimum absolute atomic E-state index is 0.496. The number of rotatable bonds is 3. The van der Waals surface area contributed by atoms with Gasteiger partial charge in [-0.2, -0.15) is 0 Å². The van der Waals surface area contributed by atoms with Crippen molar-refractivity contribution < 1.29 is 4.74 Å². The first-order chi connectivity index (χ1) is 6.75. The fourth-order valence-electron chi connectivity index (χ4n) is 2.32. The van der Waals surface area contributed by atoms with Crippen molar-refractivity contribution in [1.82, 2.24) is 5.32 Å². The van der Waals surface area contributed by atoms with Gasteiger partial charge in [0.15, 0.2) is 0 Å². The second-order valence-electron chi connectivity index (χ2n) is 5.25. The van der Waals surface area contributed by atoms with Gasteiger partial charge >= 0.3 is 0 Å². The van der Waals surface area contributed by atoms with E-state index in [2.05, 4.69) is 19.2 Å². The molecule has 0 bridgehead atoms. The van der Waals surface area contributed by atoms with Crippen molar-refractivity contribution in [3.8, 4) is 0 Å². The molecule has 2 fully saturated rings. The molecule has 1 aliphatic heterocycles. The monoisotopic (exact) mass is 197 g/mol. The summed E-state index contributed by atoms with van der Waals surface area (Å²) < 4.78 is 5.90. The lowest BCUT2D eigenvalue weighted by Crippen LogP contribution is -2.49. The van der Waals surface area contributed by atoms with E-state index in [0.29, 0.717) is 18.1 Å². The Morgan fingerprint density at radius 3 is 2.57 bits per heavy atom. The Balaban J connectivity index is 1.67. The molecule has 2 heteroatoms. The zero-order chi connectivity index (χ0) is 9.97. The molecule has 1 saturated carbocycles. The van der Waals surface area contributed by atoms with Crippen molar-refractivity contribution >= 4 is 0 Å². The molecule has 2 unspecified atom stereocenters. The Kier molecular flexibility index (Phi) is 3.45. The Morgan fingerprint density at radius 2 is 2.14 bits per heavy atom. The van der Waals surface area contributed by atoms with E-state index in [0.717, 1.165) is 19.1 Å². The molecule has 82 valence electrons. The Labute approximate surface area is 87.4 Å². The first kappa shape index (κ1) is 10.4. The molecule has 2 nitrogen and oxygen atoms in total. The quantitative estimate of drug-likeness (QED) is 0.749. The number of hydrogen-bond acceptors (Lipinski definition) is 2. The van der Waals surface area contributed by atoms with Crippen LogP contribution in [0.25, 0.3) is 0 Å². The van der Waals surface area contributed by atoms with Gasteiger partial charge in [0.25, 0.3) is 0 Å². The summed E-state index contributed by atoms with van der Waals surface area (Å²) in [7, 11) is 0. The van der Waals surface area contributed by atoms with Gasteiger partial charge in [-0.3, -0.25) is 0 Å². The maximum absolute atomic E-state index is 5.90. The van der Waals surface area contributed by atoms with Crippen LogP contribution in [0.15, 0.2) is 0 Å². The number of hydrogen-bond donors (Lipinski definition) is 1. The molecule has 1 saturated heterocycles. The topological polar surface area (TPSA) is 21.3 Å². The third kappa shape index (κ3) is 2.48. The van der Waals surface area contributed by atoms with Crippen LogP contribution >= 0.6 is 0 Å². The van der Waals surface area contributed by atoms with Crippen molar-refractivity contribution in [1.29, 1.82) is 0 Å². The molecule has 0 aromatic rings. The van der Waals surface area contributed by atoms with Gasteiger partial charge in [0.1, 0.15) is 0 Å². The van der Waals surface area contributed by atoms with Crippen LogP contribution in [-0.2, 0) is 4.74 Å². The van der Waals surface area contributed by atoms with Gasteiger partial charge in [-0.1, -0.05) is 33.1 Å². The van der Waals surface area contributed by atoms with Crippen molar-refractivity contribution in [2.75, 3.05) is 13.2 Å². The second kappa shape index (κ2) is 4.63. The SMILES string of the molecule is CC(C)C1COC(CC2CCC2)CN1. The Hall–Kier alpha value is -0.0800. The molecule has 14 heavy (non-hydrogen) atoms. The first-order valence-corrected chi connectivity index (χ1v) is 6.10. The molecule has 0 aromatic carbocycles. The average Bonchev–Trinajstić information content (AvgIpc) is 2.12. The van der Waals surface area contributed by atoms with E-state index in [1.165, 1.54) is 25.7 Å². The fourth-order valence-corrected chi connectivity index (χ4v) is 2.32. The Bertz CT molecular complexity index is 169. The highest BCUT2D eigenvalue weighted by molar-refractivity contribution is 4.81. The molecular weight excluding hydrogens is 174 g/mol. The van der Waals surface area contributed by atoms with Crippen LogP contribution in [0.4, 0.5) is 0 Å². The van der Waals surface area contributed by atoms with Gasteiger partial charge in [0.05, 0.1) is 12.7 Å². The van der Waals surface area contributed by atoms with Crippen LogP contribution in [0.2, 0.25) is 0 Å². The van der Waals surface area contributed by atoms with Crippen LogP contribution in [-0.4, -0.2) is 25.3 Å². The van der Waals surface area contributed by atoms with Crippen molar-refractivity contribution in [3.05, 3.63) is 0 Å². The lowest BCUT2D eigenvalue weighted by molar-refractivity contribution is -0.0236. The van der Waals surface area contributed by atoms with Crippen molar-refractivity contribution in [2.24, 2.45) is 11.8 Å². The molecular formula is C12H23NO. The highest BCUT2D eigenvalue weighted by atomic mass is 16.5. The van der Waals surface area contributed by atoms with Crippen molar-refractivity contribution in [3.63, 3.8) is 0 Å². The predicted molar refractivity (Wildman–Crippen MR) is 58.3 cm³/mol. The number of morpholine rings is 1. The largest absolute Gasteiger partial charge is 0.375 e. The lowest BCUT2D eigenvalue weighted by atomic mass is 9.81. The minimum Gasteiger partial charge on any atom is -0.375 e. The summed E-state index contributed by atoms with van der Waals surface area (Å²) >= 11 is 0. The van der Waals surface area contributed by atoms with Crippen LogP contribution in [0.1, 0.15) is 39.5 Å². The third-order valence-corrected chi connectivity index (χ3v) is 3.74. The smallest absolute Gasteiger partial charge is 0.0703 e. The average molecular weight is 197 g/mol. The van der Waals surface area contributed by atoms with E-state index in [4.69, 9.17) is 4.74 Å². The molecule has 2 atom stereocenters. The van der Waals surface area contributed by atoms with E-state index in [1.54, 1.807) is 0 Å². The third-order valence-electron chi connectivity index (χ3n) is 3.74. The molecule has 1 N–H and O–H groups in total. The van der Waals surface area contributed by atoms with Crippen LogP contribution < -0.4 is 5.32 Å². The maximum Gasteiger partial charge on any atom is 0.0703 e. The lowest BCUT2D eigenvalue weighted by Gasteiger charge is -2.36. The highest BCUT2D eigenvalue weighted by Crippen LogP contribution is 2.31. The van der Waals surface area contributed by atoms with Crippen molar-refractivity contribution in [2.45, 2.75) is 51.7 Å². The van der Waals surface area contributed by atoms with Gasteiger partial charge in [0.2, 0.25) is 0 Å². The first-order valence-electron chi connectivity index (χ1n) is 6.10. The second-order valence-corrected chi connectivity index (χ2v) is 5.25. The van der Waals surface area contributed by atoms with Crippen LogP contribution in [0.3, 0.4) is 0 Å². The highest BCUT2D eigenvalue weighted by Gasteiger charge is 2.27. The molecule has 0 radical (unpaired) electrons. The summed E-state index contributed by atoms with van der Waals surface area (Å²) in [6.07, 6.45) is 6.10. The van der Waals surface area contributed by atoms with E-state index in [-0.39, 0.29) is 0 Å². The van der Waals surface area contributed by atoms with Crippen LogP contribution in [0, 0.1) is 11.8 Å². The maximum atomic E-state index is 5.90. The predicted octanol–water partition coefficient (Wildman–Crippen LogP) is 2.19. The fraction of sp³-hybridized carbons (Fsp3) is 1.00. The summed E-state index contributed by atoms with van der Waals surface area (Å²) in [6, 6.07) is 0.577. The summed E-state index contributed by atoms with van der Waals surface area (Å²) in [5.74, 6) is 1.66. The number of nitrogens with one attached hydrogen (secondary N) is 1. The standard InChI is InChI=1S/C12H23NO/c1-9(2)12-8-14-11(7-13-12)6-10-4-3-5-10/h9-13H,3-8H2,1-2H3. The van der Waals surface area contributed by atoms with Gasteiger partial charge in [-0.05, 0) is 18.3 Å². The molecule has 0 aromatic heterocycles. The molecule has 1 aliphatic carbocycles. The number of ether oxygens (including phenoxy) is 1. The summed E-state index contributed by atoms with van der Waals surface area (Å²) in [5, 5.41) is 3.60. The molecule has 0 spiro atoms. The molecule has 2 aliphatic rings.